The van der Waals surface area contributed by atoms with Crippen molar-refractivity contribution in [1.82, 2.24) is 18.4 Å². The quantitative estimate of drug-likeness (QED) is 0.473. The second kappa shape index (κ2) is 10.2. The first-order valence-corrected chi connectivity index (χ1v) is 13.0. The zero-order valence-corrected chi connectivity index (χ0v) is 20.1. The van der Waals surface area contributed by atoms with Gasteiger partial charge in [-0.25, -0.2) is 13.1 Å². The largest absolute Gasteiger partial charge is 0.490 e. The third-order valence-corrected chi connectivity index (χ3v) is 7.98. The number of aliphatic hydroxyl groups is 1. The molecule has 12 heteroatoms. The van der Waals surface area contributed by atoms with Crippen molar-refractivity contribution in [3.63, 3.8) is 0 Å². The number of ether oxygens (including phenoxy) is 1. The van der Waals surface area contributed by atoms with Gasteiger partial charge in [0.25, 0.3) is 0 Å². The second-order valence-electron chi connectivity index (χ2n) is 7.59. The number of halogens is 2. The first-order chi connectivity index (χ1) is 15.3. The molecule has 172 valence electrons. The average molecular weight is 517 g/mol. The molecule has 0 unspecified atom stereocenters. The van der Waals surface area contributed by atoms with Crippen molar-refractivity contribution in [2.24, 2.45) is 0 Å². The average Bonchev–Trinajstić information content (AvgIpc) is 3.25. The molecule has 1 aromatic heterocycles. The van der Waals surface area contributed by atoms with Gasteiger partial charge in [0.2, 0.25) is 10.0 Å². The number of β-amino-alcohol motifs (C(OH)–C–C–N with tert-alkyl or cyclic N) is 1. The molecule has 2 N–H and O–H groups in total. The van der Waals surface area contributed by atoms with E-state index in [4.69, 9.17) is 27.9 Å². The lowest BCUT2D eigenvalue weighted by atomic mass is 10.1. The predicted molar refractivity (Wildman–Crippen MR) is 125 cm³/mol. The SMILES string of the molecule is O=S(=O)(NC[C@@H](O)CN1CCC(Oc2ccc(Cl)c(Cl)c2)CC1)c1cccc2nsnc12. The summed E-state index contributed by atoms with van der Waals surface area (Å²) in [6, 6.07) is 10.0. The standard InChI is InChI=1S/C20H22Cl2N4O4S2/c21-16-5-4-15(10-17(16)22)30-14-6-8-26(9-7-14)12-13(27)11-23-32(28,29)19-3-1-2-18-20(19)25-31-24-18/h1-5,10,13-14,23,27H,6-9,11-12H2/t13-/m1/s1. The number of likely N-dealkylation sites (tertiary alicyclic amines) is 1. The highest BCUT2D eigenvalue weighted by Crippen LogP contribution is 2.28. The van der Waals surface area contributed by atoms with E-state index in [1.54, 1.807) is 30.3 Å². The maximum Gasteiger partial charge on any atom is 0.242 e. The minimum atomic E-state index is -3.81. The molecule has 2 heterocycles. The molecule has 1 atom stereocenters. The number of aliphatic hydroxyl groups excluding tert-OH is 1. The Morgan fingerprint density at radius 1 is 1.19 bits per heavy atom. The van der Waals surface area contributed by atoms with Crippen molar-refractivity contribution in [3.8, 4) is 5.75 Å². The molecular weight excluding hydrogens is 495 g/mol. The van der Waals surface area contributed by atoms with Crippen LogP contribution in [0.1, 0.15) is 12.8 Å². The first-order valence-electron chi connectivity index (χ1n) is 10.0. The fraction of sp³-hybridized carbons (Fsp3) is 0.400. The number of fused-ring (bicyclic) bond motifs is 1. The monoisotopic (exact) mass is 516 g/mol. The van der Waals surface area contributed by atoms with Gasteiger partial charge in [-0.15, -0.1) is 0 Å². The summed E-state index contributed by atoms with van der Waals surface area (Å²) in [7, 11) is -3.81. The topological polar surface area (TPSA) is 105 Å². The lowest BCUT2D eigenvalue weighted by Gasteiger charge is -2.33. The third-order valence-electron chi connectivity index (χ3n) is 5.24. The van der Waals surface area contributed by atoms with Crippen LogP contribution in [-0.2, 0) is 10.0 Å². The molecule has 0 amide bonds. The summed E-state index contributed by atoms with van der Waals surface area (Å²) in [5, 5.41) is 11.3. The minimum Gasteiger partial charge on any atom is -0.490 e. The summed E-state index contributed by atoms with van der Waals surface area (Å²) in [6.07, 6.45) is 0.783. The molecule has 0 saturated carbocycles. The fourth-order valence-corrected chi connectivity index (χ4v) is 5.72. The zero-order valence-electron chi connectivity index (χ0n) is 16.9. The van der Waals surface area contributed by atoms with Gasteiger partial charge in [0.1, 0.15) is 27.8 Å². The Balaban J connectivity index is 1.25. The van der Waals surface area contributed by atoms with Crippen LogP contribution in [0.25, 0.3) is 11.0 Å². The summed E-state index contributed by atoms with van der Waals surface area (Å²) in [6.45, 7) is 1.75. The van der Waals surface area contributed by atoms with E-state index in [1.165, 1.54) is 6.07 Å². The van der Waals surface area contributed by atoms with Gasteiger partial charge in [-0.2, -0.15) is 8.75 Å². The van der Waals surface area contributed by atoms with Crippen LogP contribution in [0.15, 0.2) is 41.3 Å². The Morgan fingerprint density at radius 2 is 1.97 bits per heavy atom. The number of hydrogen-bond donors (Lipinski definition) is 2. The van der Waals surface area contributed by atoms with Crippen LogP contribution in [0.4, 0.5) is 0 Å². The molecule has 3 aromatic rings. The van der Waals surface area contributed by atoms with Crippen LogP contribution in [-0.4, -0.2) is 65.6 Å². The highest BCUT2D eigenvalue weighted by molar-refractivity contribution is 7.89. The van der Waals surface area contributed by atoms with Crippen molar-refractivity contribution in [1.29, 1.82) is 0 Å². The van der Waals surface area contributed by atoms with Crippen molar-refractivity contribution in [2.45, 2.75) is 29.9 Å². The van der Waals surface area contributed by atoms with Crippen LogP contribution in [0.3, 0.4) is 0 Å². The Hall–Kier alpha value is -1.53. The minimum absolute atomic E-state index is 0.0475. The summed E-state index contributed by atoms with van der Waals surface area (Å²) < 4.78 is 41.9. The van der Waals surface area contributed by atoms with Crippen LogP contribution >= 0.6 is 34.9 Å². The normalized spacial score (nSPS) is 17.0. The third kappa shape index (κ3) is 5.69. The number of piperidine rings is 1. The summed E-state index contributed by atoms with van der Waals surface area (Å²) in [5.74, 6) is 0.678. The van der Waals surface area contributed by atoms with Crippen molar-refractivity contribution in [3.05, 3.63) is 46.4 Å². The number of hydrogen-bond acceptors (Lipinski definition) is 8. The van der Waals surface area contributed by atoms with E-state index in [9.17, 15) is 13.5 Å². The van der Waals surface area contributed by atoms with Crippen molar-refractivity contribution >= 4 is 56.0 Å². The summed E-state index contributed by atoms with van der Waals surface area (Å²) in [5.41, 5.74) is 0.868. The summed E-state index contributed by atoms with van der Waals surface area (Å²) in [4.78, 5) is 2.16. The van der Waals surface area contributed by atoms with Crippen LogP contribution in [0.2, 0.25) is 10.0 Å². The Labute approximate surface area is 200 Å². The fourth-order valence-electron chi connectivity index (χ4n) is 3.60. The van der Waals surface area contributed by atoms with Gasteiger partial charge in [-0.3, -0.25) is 0 Å². The van der Waals surface area contributed by atoms with E-state index >= 15 is 0 Å². The Kier molecular flexibility index (Phi) is 7.51. The maximum absolute atomic E-state index is 12.7. The van der Waals surface area contributed by atoms with E-state index < -0.39 is 16.1 Å². The molecule has 0 bridgehead atoms. The van der Waals surface area contributed by atoms with Crippen LogP contribution in [0.5, 0.6) is 5.75 Å². The van der Waals surface area contributed by atoms with E-state index in [-0.39, 0.29) is 17.5 Å². The number of sulfonamides is 1. The molecule has 1 aliphatic rings. The molecule has 32 heavy (non-hydrogen) atoms. The second-order valence-corrected chi connectivity index (χ2v) is 10.7. The zero-order chi connectivity index (χ0) is 22.7. The smallest absolute Gasteiger partial charge is 0.242 e. The molecule has 0 aliphatic carbocycles. The van der Waals surface area contributed by atoms with Crippen LogP contribution in [0, 0.1) is 0 Å². The Bertz CT molecular complexity index is 1180. The van der Waals surface area contributed by atoms with Gasteiger partial charge in [0.15, 0.2) is 0 Å². The van der Waals surface area contributed by atoms with E-state index in [1.807, 2.05) is 0 Å². The van der Waals surface area contributed by atoms with E-state index in [0.29, 0.717) is 33.4 Å². The van der Waals surface area contributed by atoms with Gasteiger partial charge < -0.3 is 14.7 Å². The molecule has 1 fully saturated rings. The Morgan fingerprint density at radius 3 is 2.72 bits per heavy atom. The lowest BCUT2D eigenvalue weighted by molar-refractivity contribution is 0.0630. The maximum atomic E-state index is 12.7. The molecule has 0 spiro atoms. The number of aromatic nitrogens is 2. The number of rotatable bonds is 8. The van der Waals surface area contributed by atoms with Crippen molar-refractivity contribution < 1.29 is 18.3 Å². The number of nitrogens with zero attached hydrogens (tertiary/aromatic N) is 3. The summed E-state index contributed by atoms with van der Waals surface area (Å²) >= 11 is 12.9. The molecule has 1 saturated heterocycles. The highest BCUT2D eigenvalue weighted by Gasteiger charge is 2.24. The van der Waals surface area contributed by atoms with Gasteiger partial charge >= 0.3 is 0 Å². The number of nitrogens with one attached hydrogen (secondary N) is 1. The molecule has 8 nitrogen and oxygen atoms in total. The van der Waals surface area contributed by atoms with Gasteiger partial charge in [0.05, 0.1) is 27.9 Å². The first kappa shape index (κ1) is 23.6. The van der Waals surface area contributed by atoms with Gasteiger partial charge in [-0.1, -0.05) is 29.3 Å². The lowest BCUT2D eigenvalue weighted by Crippen LogP contribution is -2.45. The molecule has 1 aliphatic heterocycles. The highest BCUT2D eigenvalue weighted by atomic mass is 35.5. The number of benzene rings is 2. The van der Waals surface area contributed by atoms with E-state index in [2.05, 4.69) is 18.4 Å². The van der Waals surface area contributed by atoms with Crippen LogP contribution < -0.4 is 9.46 Å². The van der Waals surface area contributed by atoms with E-state index in [0.717, 1.165) is 37.7 Å². The molecule has 2 aromatic carbocycles. The van der Waals surface area contributed by atoms with Gasteiger partial charge in [0, 0.05) is 32.2 Å². The molecule has 4 rings (SSSR count). The van der Waals surface area contributed by atoms with Gasteiger partial charge in [-0.05, 0) is 37.1 Å². The predicted octanol–water partition coefficient (Wildman–Crippen LogP) is 3.18. The molecular formula is C20H22Cl2N4O4S2. The van der Waals surface area contributed by atoms with Crippen molar-refractivity contribution in [2.75, 3.05) is 26.2 Å². The molecule has 0 radical (unpaired) electrons.